The zero-order chi connectivity index (χ0) is 13.1. The van der Waals surface area contributed by atoms with Crippen LogP contribution in [0.25, 0.3) is 0 Å². The molecule has 3 heteroatoms. The number of hydrogen-bond acceptors (Lipinski definition) is 3. The van der Waals surface area contributed by atoms with Crippen LogP contribution in [0.3, 0.4) is 0 Å². The van der Waals surface area contributed by atoms with Gasteiger partial charge in [0.15, 0.2) is 0 Å². The second-order valence-corrected chi connectivity index (χ2v) is 6.01. The van der Waals surface area contributed by atoms with Gasteiger partial charge in [0.2, 0.25) is 0 Å². The molecule has 3 N–H and O–H groups in total. The van der Waals surface area contributed by atoms with Crippen LogP contribution in [-0.2, 0) is 4.74 Å². The van der Waals surface area contributed by atoms with Crippen molar-refractivity contribution in [1.82, 2.24) is 5.43 Å². The molecule has 0 radical (unpaired) electrons. The molecule has 18 heavy (non-hydrogen) atoms. The summed E-state index contributed by atoms with van der Waals surface area (Å²) >= 11 is 0. The van der Waals surface area contributed by atoms with Gasteiger partial charge < -0.3 is 4.74 Å². The molecule has 1 saturated heterocycles. The summed E-state index contributed by atoms with van der Waals surface area (Å²) in [5, 5.41) is 0. The summed E-state index contributed by atoms with van der Waals surface area (Å²) in [5.41, 5.74) is 4.59. The Kier molecular flexibility index (Phi) is 4.82. The maximum atomic E-state index is 5.97. The summed E-state index contributed by atoms with van der Waals surface area (Å²) in [5.74, 6) is 6.91. The molecule has 0 aromatic carbocycles. The molecule has 0 saturated carbocycles. The smallest absolute Gasteiger partial charge is 0.0601 e. The van der Waals surface area contributed by atoms with Gasteiger partial charge in [0, 0.05) is 12.0 Å². The lowest BCUT2D eigenvalue weighted by atomic mass is 9.79. The summed E-state index contributed by atoms with van der Waals surface area (Å²) < 4.78 is 5.97. The minimum atomic E-state index is 0.290. The quantitative estimate of drug-likeness (QED) is 0.461. The SMILES string of the molecule is CC1OC(C)C(C(NN)C2=CCCCCC2)C1C. The lowest BCUT2D eigenvalue weighted by Crippen LogP contribution is -2.46. The fraction of sp³-hybridized carbons (Fsp3) is 0.867. The molecule has 0 bridgehead atoms. The van der Waals surface area contributed by atoms with E-state index in [0.717, 1.165) is 0 Å². The van der Waals surface area contributed by atoms with E-state index in [2.05, 4.69) is 32.3 Å². The van der Waals surface area contributed by atoms with Crippen LogP contribution in [0.4, 0.5) is 0 Å². The molecule has 0 spiro atoms. The third-order valence-electron chi connectivity index (χ3n) is 4.86. The number of hydrazine groups is 1. The molecule has 0 aromatic heterocycles. The minimum absolute atomic E-state index is 0.290. The van der Waals surface area contributed by atoms with Crippen LogP contribution in [0.2, 0.25) is 0 Å². The Morgan fingerprint density at radius 2 is 2.00 bits per heavy atom. The molecular weight excluding hydrogens is 224 g/mol. The number of allylic oxidation sites excluding steroid dienone is 1. The highest BCUT2D eigenvalue weighted by Gasteiger charge is 2.42. The molecule has 2 aliphatic rings. The molecule has 1 aliphatic carbocycles. The van der Waals surface area contributed by atoms with Gasteiger partial charge in [-0.3, -0.25) is 11.3 Å². The van der Waals surface area contributed by atoms with Gasteiger partial charge in [-0.25, -0.2) is 0 Å². The Morgan fingerprint density at radius 1 is 1.22 bits per heavy atom. The molecule has 1 aliphatic heterocycles. The Labute approximate surface area is 111 Å². The van der Waals surface area contributed by atoms with E-state index in [1.165, 1.54) is 37.7 Å². The van der Waals surface area contributed by atoms with Crippen molar-refractivity contribution in [1.29, 1.82) is 0 Å². The largest absolute Gasteiger partial charge is 0.375 e. The van der Waals surface area contributed by atoms with Crippen molar-refractivity contribution in [2.75, 3.05) is 0 Å². The van der Waals surface area contributed by atoms with Gasteiger partial charge in [-0.2, -0.15) is 0 Å². The first-order valence-corrected chi connectivity index (χ1v) is 7.45. The molecule has 1 fully saturated rings. The van der Waals surface area contributed by atoms with E-state index in [9.17, 15) is 0 Å². The molecule has 0 aromatic rings. The minimum Gasteiger partial charge on any atom is -0.375 e. The van der Waals surface area contributed by atoms with Crippen molar-refractivity contribution >= 4 is 0 Å². The topological polar surface area (TPSA) is 47.3 Å². The van der Waals surface area contributed by atoms with E-state index in [1.807, 2.05) is 0 Å². The van der Waals surface area contributed by atoms with Gasteiger partial charge in [-0.05, 0) is 45.4 Å². The molecule has 5 unspecified atom stereocenters. The van der Waals surface area contributed by atoms with Gasteiger partial charge in [0.05, 0.1) is 12.2 Å². The maximum Gasteiger partial charge on any atom is 0.0601 e. The Bertz CT molecular complexity index is 303. The number of hydrogen-bond donors (Lipinski definition) is 2. The number of nitrogens with one attached hydrogen (secondary N) is 1. The fourth-order valence-corrected chi connectivity index (χ4v) is 3.66. The molecule has 1 heterocycles. The summed E-state index contributed by atoms with van der Waals surface area (Å²) in [4.78, 5) is 0. The predicted molar refractivity (Wildman–Crippen MR) is 74.9 cm³/mol. The van der Waals surface area contributed by atoms with Crippen LogP contribution in [-0.4, -0.2) is 18.2 Å². The summed E-state index contributed by atoms with van der Waals surface area (Å²) in [6.45, 7) is 6.66. The van der Waals surface area contributed by atoms with Crippen molar-refractivity contribution in [3.63, 3.8) is 0 Å². The van der Waals surface area contributed by atoms with Crippen LogP contribution >= 0.6 is 0 Å². The summed E-state index contributed by atoms with van der Waals surface area (Å²) in [6, 6.07) is 0.290. The van der Waals surface area contributed by atoms with Gasteiger partial charge in [-0.15, -0.1) is 0 Å². The highest BCUT2D eigenvalue weighted by Crippen LogP contribution is 2.37. The van der Waals surface area contributed by atoms with Crippen LogP contribution in [0.5, 0.6) is 0 Å². The lowest BCUT2D eigenvalue weighted by Gasteiger charge is -2.30. The molecule has 104 valence electrons. The standard InChI is InChI=1S/C15H28N2O/c1-10-11(2)18-12(3)14(10)15(17-16)13-8-6-4-5-7-9-13/h8,10-12,14-15,17H,4-7,9,16H2,1-3H3. The van der Waals surface area contributed by atoms with Crippen LogP contribution in [0, 0.1) is 11.8 Å². The van der Waals surface area contributed by atoms with Crippen molar-refractivity contribution in [3.05, 3.63) is 11.6 Å². The van der Waals surface area contributed by atoms with E-state index >= 15 is 0 Å². The van der Waals surface area contributed by atoms with E-state index in [-0.39, 0.29) is 6.04 Å². The van der Waals surface area contributed by atoms with Crippen molar-refractivity contribution in [3.8, 4) is 0 Å². The number of ether oxygens (including phenoxy) is 1. The first-order valence-electron chi connectivity index (χ1n) is 7.45. The van der Waals surface area contributed by atoms with Gasteiger partial charge in [-0.1, -0.05) is 25.0 Å². The summed E-state index contributed by atoms with van der Waals surface area (Å²) in [6.07, 6.45) is 9.42. The Hall–Kier alpha value is -0.380. The lowest BCUT2D eigenvalue weighted by molar-refractivity contribution is 0.0487. The zero-order valence-electron chi connectivity index (χ0n) is 12.0. The third-order valence-corrected chi connectivity index (χ3v) is 4.86. The first-order chi connectivity index (χ1) is 8.65. The zero-order valence-corrected chi connectivity index (χ0v) is 12.0. The molecule has 2 rings (SSSR count). The second kappa shape index (κ2) is 6.18. The Balaban J connectivity index is 2.14. The predicted octanol–water partition coefficient (Wildman–Crippen LogP) is 2.77. The van der Waals surface area contributed by atoms with Crippen LogP contribution in [0.15, 0.2) is 11.6 Å². The van der Waals surface area contributed by atoms with Crippen LogP contribution < -0.4 is 11.3 Å². The third kappa shape index (κ3) is 2.79. The van der Waals surface area contributed by atoms with E-state index in [1.54, 1.807) is 0 Å². The van der Waals surface area contributed by atoms with Crippen LogP contribution in [0.1, 0.15) is 52.9 Å². The number of rotatable bonds is 3. The highest BCUT2D eigenvalue weighted by atomic mass is 16.5. The van der Waals surface area contributed by atoms with Crippen molar-refractivity contribution in [2.45, 2.75) is 71.1 Å². The first kappa shape index (κ1) is 14.0. The average Bonchev–Trinajstić information content (AvgIpc) is 2.58. The average molecular weight is 252 g/mol. The highest BCUT2D eigenvalue weighted by molar-refractivity contribution is 5.16. The molecule has 5 atom stereocenters. The Morgan fingerprint density at radius 3 is 2.61 bits per heavy atom. The fourth-order valence-electron chi connectivity index (χ4n) is 3.66. The monoisotopic (exact) mass is 252 g/mol. The molecule has 0 amide bonds. The normalized spacial score (nSPS) is 39.2. The molecular formula is C15H28N2O. The van der Waals surface area contributed by atoms with E-state index in [4.69, 9.17) is 10.6 Å². The van der Waals surface area contributed by atoms with E-state index < -0.39 is 0 Å². The van der Waals surface area contributed by atoms with Crippen molar-refractivity contribution < 1.29 is 4.74 Å². The van der Waals surface area contributed by atoms with Gasteiger partial charge in [0.25, 0.3) is 0 Å². The second-order valence-electron chi connectivity index (χ2n) is 6.01. The maximum absolute atomic E-state index is 5.97. The molecule has 3 nitrogen and oxygen atoms in total. The number of nitrogens with two attached hydrogens (primary N) is 1. The van der Waals surface area contributed by atoms with Crippen molar-refractivity contribution in [2.24, 2.45) is 17.7 Å². The van der Waals surface area contributed by atoms with E-state index in [0.29, 0.717) is 24.0 Å². The van der Waals surface area contributed by atoms with Gasteiger partial charge >= 0.3 is 0 Å². The summed E-state index contributed by atoms with van der Waals surface area (Å²) in [7, 11) is 0. The van der Waals surface area contributed by atoms with Gasteiger partial charge in [0.1, 0.15) is 0 Å².